The van der Waals surface area contributed by atoms with Gasteiger partial charge in [-0.2, -0.15) is 0 Å². The summed E-state index contributed by atoms with van der Waals surface area (Å²) < 4.78 is 0. The van der Waals surface area contributed by atoms with Crippen molar-refractivity contribution in [1.82, 2.24) is 10.2 Å². The number of halogens is 1. The van der Waals surface area contributed by atoms with Crippen molar-refractivity contribution >= 4 is 23.4 Å². The van der Waals surface area contributed by atoms with Gasteiger partial charge in [-0.05, 0) is 49.4 Å². The van der Waals surface area contributed by atoms with Gasteiger partial charge in [0.25, 0.3) is 0 Å². The number of hydrogen-bond acceptors (Lipinski definition) is 2. The largest absolute Gasteiger partial charge is 0.355 e. The van der Waals surface area contributed by atoms with Crippen molar-refractivity contribution in [1.29, 1.82) is 0 Å². The highest BCUT2D eigenvalue weighted by Gasteiger charge is 2.28. The Bertz CT molecular complexity index is 807. The highest BCUT2D eigenvalue weighted by molar-refractivity contribution is 6.31. The van der Waals surface area contributed by atoms with E-state index in [9.17, 15) is 9.59 Å². The van der Waals surface area contributed by atoms with Gasteiger partial charge in [0.05, 0.1) is 0 Å². The highest BCUT2D eigenvalue weighted by Crippen LogP contribution is 2.20. The van der Waals surface area contributed by atoms with Crippen LogP contribution >= 0.6 is 11.6 Å². The fourth-order valence-corrected chi connectivity index (χ4v) is 3.50. The van der Waals surface area contributed by atoms with Crippen molar-refractivity contribution in [3.63, 3.8) is 0 Å². The van der Waals surface area contributed by atoms with Crippen molar-refractivity contribution in [3.05, 3.63) is 70.2 Å². The van der Waals surface area contributed by atoms with Crippen LogP contribution in [0.15, 0.2) is 48.5 Å². The van der Waals surface area contributed by atoms with Crippen molar-refractivity contribution in [2.75, 3.05) is 6.54 Å². The van der Waals surface area contributed by atoms with Crippen LogP contribution in [0, 0.1) is 6.92 Å². The topological polar surface area (TPSA) is 49.4 Å². The molecule has 0 aliphatic carbocycles. The molecule has 0 saturated carbocycles. The fourth-order valence-electron chi connectivity index (χ4n) is 3.27. The molecule has 1 N–H and O–H groups in total. The molecule has 150 valence electrons. The smallest absolute Gasteiger partial charge is 0.242 e. The van der Waals surface area contributed by atoms with E-state index in [-0.39, 0.29) is 11.8 Å². The van der Waals surface area contributed by atoms with Gasteiger partial charge in [0.2, 0.25) is 11.8 Å². The van der Waals surface area contributed by atoms with E-state index in [0.717, 1.165) is 16.7 Å². The number of benzene rings is 2. The van der Waals surface area contributed by atoms with Gasteiger partial charge in [0.15, 0.2) is 0 Å². The van der Waals surface area contributed by atoms with Crippen LogP contribution in [-0.4, -0.2) is 29.3 Å². The molecule has 0 fully saturated rings. The number of carbonyl (C=O) groups excluding carboxylic acids is 2. The molecule has 0 heterocycles. The van der Waals surface area contributed by atoms with Crippen molar-refractivity contribution in [2.45, 2.75) is 52.6 Å². The van der Waals surface area contributed by atoms with Gasteiger partial charge >= 0.3 is 0 Å². The molecule has 0 spiro atoms. The second-order valence-electron chi connectivity index (χ2n) is 6.86. The standard InChI is InChI=1S/C23H29ClN2O2/c1-4-21(23(28)25-5-2)26(16-19-12-7-6-10-17(19)3)22(27)15-14-18-11-8-9-13-20(18)24/h6-13,21H,4-5,14-16H2,1-3H3,(H,25,28)/t21-/m1/s1. The number of nitrogens with one attached hydrogen (secondary N) is 1. The van der Waals surface area contributed by atoms with Gasteiger partial charge in [-0.1, -0.05) is 61.0 Å². The van der Waals surface area contributed by atoms with Crippen LogP contribution in [0.3, 0.4) is 0 Å². The van der Waals surface area contributed by atoms with Crippen LogP contribution in [0.4, 0.5) is 0 Å². The maximum Gasteiger partial charge on any atom is 0.242 e. The Morgan fingerprint density at radius 1 is 1.04 bits per heavy atom. The van der Waals surface area contributed by atoms with E-state index in [1.54, 1.807) is 4.90 Å². The molecule has 4 nitrogen and oxygen atoms in total. The molecular formula is C23H29ClN2O2. The van der Waals surface area contributed by atoms with Crippen LogP contribution in [0.2, 0.25) is 5.02 Å². The minimum atomic E-state index is -0.488. The van der Waals surface area contributed by atoms with Crippen LogP contribution in [0.25, 0.3) is 0 Å². The van der Waals surface area contributed by atoms with Gasteiger partial charge in [0, 0.05) is 24.5 Å². The van der Waals surface area contributed by atoms with Gasteiger partial charge in [-0.25, -0.2) is 0 Å². The maximum absolute atomic E-state index is 13.2. The second kappa shape index (κ2) is 10.9. The lowest BCUT2D eigenvalue weighted by molar-refractivity contribution is -0.141. The first-order chi connectivity index (χ1) is 13.5. The van der Waals surface area contributed by atoms with Gasteiger partial charge in [-0.15, -0.1) is 0 Å². The zero-order valence-electron chi connectivity index (χ0n) is 16.9. The molecule has 5 heteroatoms. The van der Waals surface area contributed by atoms with Crippen LogP contribution in [-0.2, 0) is 22.6 Å². The predicted octanol–water partition coefficient (Wildman–Crippen LogP) is 4.52. The molecule has 0 aliphatic heterocycles. The third-order valence-electron chi connectivity index (χ3n) is 4.90. The second-order valence-corrected chi connectivity index (χ2v) is 7.27. The molecule has 1 atom stereocenters. The summed E-state index contributed by atoms with van der Waals surface area (Å²) in [6.07, 6.45) is 1.43. The Morgan fingerprint density at radius 2 is 1.68 bits per heavy atom. The lowest BCUT2D eigenvalue weighted by atomic mass is 10.0. The number of carbonyl (C=O) groups is 2. The summed E-state index contributed by atoms with van der Waals surface area (Å²) in [5.41, 5.74) is 3.10. The van der Waals surface area contributed by atoms with Crippen LogP contribution in [0.5, 0.6) is 0 Å². The Hall–Kier alpha value is -2.33. The number of amides is 2. The molecule has 2 rings (SSSR count). The van der Waals surface area contributed by atoms with Crippen LogP contribution in [0.1, 0.15) is 43.4 Å². The summed E-state index contributed by atoms with van der Waals surface area (Å²) in [4.78, 5) is 27.5. The van der Waals surface area contributed by atoms with E-state index in [2.05, 4.69) is 5.32 Å². The summed E-state index contributed by atoms with van der Waals surface area (Å²) in [5.74, 6) is -0.147. The first kappa shape index (κ1) is 22.0. The summed E-state index contributed by atoms with van der Waals surface area (Å²) in [5, 5.41) is 3.52. The molecule has 0 unspecified atom stereocenters. The molecule has 0 aromatic heterocycles. The maximum atomic E-state index is 13.2. The average Bonchev–Trinajstić information content (AvgIpc) is 2.68. The van der Waals surface area contributed by atoms with Crippen molar-refractivity contribution in [3.8, 4) is 0 Å². The summed E-state index contributed by atoms with van der Waals surface area (Å²) >= 11 is 6.23. The number of aryl methyl sites for hydroxylation is 2. The van der Waals surface area contributed by atoms with Gasteiger partial charge in [-0.3, -0.25) is 9.59 Å². The first-order valence-electron chi connectivity index (χ1n) is 9.83. The van der Waals surface area contributed by atoms with E-state index in [4.69, 9.17) is 11.6 Å². The minimum absolute atomic E-state index is 0.0405. The fraction of sp³-hybridized carbons (Fsp3) is 0.391. The summed E-state index contributed by atoms with van der Waals surface area (Å²) in [6.45, 7) is 6.81. The summed E-state index contributed by atoms with van der Waals surface area (Å²) in [6, 6.07) is 15.0. The predicted molar refractivity (Wildman–Crippen MR) is 114 cm³/mol. The average molecular weight is 401 g/mol. The first-order valence-corrected chi connectivity index (χ1v) is 10.2. The number of rotatable bonds is 9. The highest BCUT2D eigenvalue weighted by atomic mass is 35.5. The SMILES string of the molecule is CCNC(=O)[C@@H](CC)N(Cc1ccccc1C)C(=O)CCc1ccccc1Cl. The van der Waals surface area contributed by atoms with E-state index >= 15 is 0 Å². The zero-order chi connectivity index (χ0) is 20.5. The molecule has 0 aliphatic rings. The summed E-state index contributed by atoms with van der Waals surface area (Å²) in [7, 11) is 0. The van der Waals surface area contributed by atoms with E-state index < -0.39 is 6.04 Å². The van der Waals surface area contributed by atoms with E-state index in [0.29, 0.717) is 37.4 Å². The Balaban J connectivity index is 2.23. The number of likely N-dealkylation sites (N-methyl/N-ethyl adjacent to an activating group) is 1. The molecular weight excluding hydrogens is 372 g/mol. The Kier molecular flexibility index (Phi) is 8.52. The lowest BCUT2D eigenvalue weighted by Crippen LogP contribution is -2.49. The van der Waals surface area contributed by atoms with Crippen molar-refractivity contribution in [2.24, 2.45) is 0 Å². The molecule has 2 amide bonds. The third kappa shape index (κ3) is 5.83. The normalized spacial score (nSPS) is 11.7. The van der Waals surface area contributed by atoms with Crippen LogP contribution < -0.4 is 5.32 Å². The molecule has 2 aromatic carbocycles. The number of nitrogens with zero attached hydrogens (tertiary/aromatic N) is 1. The quantitative estimate of drug-likeness (QED) is 0.672. The zero-order valence-corrected chi connectivity index (χ0v) is 17.6. The molecule has 0 saturated heterocycles. The van der Waals surface area contributed by atoms with Crippen molar-refractivity contribution < 1.29 is 9.59 Å². The minimum Gasteiger partial charge on any atom is -0.355 e. The Labute approximate surface area is 172 Å². The van der Waals surface area contributed by atoms with Gasteiger partial charge in [0.1, 0.15) is 6.04 Å². The molecule has 0 radical (unpaired) electrons. The van der Waals surface area contributed by atoms with Gasteiger partial charge < -0.3 is 10.2 Å². The number of hydrogen-bond donors (Lipinski definition) is 1. The molecule has 2 aromatic rings. The van der Waals surface area contributed by atoms with E-state index in [1.807, 2.05) is 69.3 Å². The monoisotopic (exact) mass is 400 g/mol. The molecule has 0 bridgehead atoms. The Morgan fingerprint density at radius 3 is 2.29 bits per heavy atom. The molecule has 28 heavy (non-hydrogen) atoms. The lowest BCUT2D eigenvalue weighted by Gasteiger charge is -2.31. The third-order valence-corrected chi connectivity index (χ3v) is 5.27. The van der Waals surface area contributed by atoms with E-state index in [1.165, 1.54) is 0 Å².